The lowest BCUT2D eigenvalue weighted by Gasteiger charge is -2.19. The van der Waals surface area contributed by atoms with E-state index < -0.39 is 5.41 Å². The highest BCUT2D eigenvalue weighted by Gasteiger charge is 2.51. The number of carbonyl (C=O) groups excluding carboxylic acids is 2. The molecule has 1 fully saturated rings. The molecule has 0 aromatic heterocycles. The predicted octanol–water partition coefficient (Wildman–Crippen LogP) is 0.917. The van der Waals surface area contributed by atoms with Crippen LogP contribution in [0.2, 0.25) is 0 Å². The number of hydrogen-bond donors (Lipinski definition) is 1. The fourth-order valence-corrected chi connectivity index (χ4v) is 2.75. The van der Waals surface area contributed by atoms with Gasteiger partial charge in [0, 0.05) is 6.42 Å². The molecule has 1 unspecified atom stereocenters. The quantitative estimate of drug-likeness (QED) is 0.634. The van der Waals surface area contributed by atoms with Crippen molar-refractivity contribution in [3.05, 3.63) is 35.4 Å². The third-order valence-electron chi connectivity index (χ3n) is 3.50. The van der Waals surface area contributed by atoms with Gasteiger partial charge in [-0.1, -0.05) is 24.3 Å². The number of benzene rings is 1. The highest BCUT2D eigenvalue weighted by Crippen LogP contribution is 2.43. The van der Waals surface area contributed by atoms with Crippen LogP contribution in [-0.2, 0) is 21.4 Å². The van der Waals surface area contributed by atoms with Crippen LogP contribution in [0.25, 0.3) is 0 Å². The summed E-state index contributed by atoms with van der Waals surface area (Å²) in [4.78, 5) is 23.1. The molecular weight excluding hydrogens is 190 g/mol. The molecule has 1 aromatic rings. The van der Waals surface area contributed by atoms with Gasteiger partial charge in [0.05, 0.1) is 5.41 Å². The summed E-state index contributed by atoms with van der Waals surface area (Å²) >= 11 is 0. The van der Waals surface area contributed by atoms with E-state index in [9.17, 15) is 9.59 Å². The van der Waals surface area contributed by atoms with Gasteiger partial charge >= 0.3 is 0 Å². The van der Waals surface area contributed by atoms with Crippen LogP contribution >= 0.6 is 0 Å². The number of hydrogen-bond acceptors (Lipinski definition) is 2. The van der Waals surface area contributed by atoms with Crippen LogP contribution < -0.4 is 5.32 Å². The van der Waals surface area contributed by atoms with Gasteiger partial charge in [-0.2, -0.15) is 0 Å². The van der Waals surface area contributed by atoms with Gasteiger partial charge in [-0.25, -0.2) is 0 Å². The molecule has 0 bridgehead atoms. The minimum atomic E-state index is -0.548. The van der Waals surface area contributed by atoms with E-state index in [0.717, 1.165) is 18.4 Å². The minimum Gasteiger partial charge on any atom is -0.296 e. The fourth-order valence-electron chi connectivity index (χ4n) is 2.75. The summed E-state index contributed by atoms with van der Waals surface area (Å²) in [6.45, 7) is 0. The van der Waals surface area contributed by atoms with E-state index in [4.69, 9.17) is 0 Å². The van der Waals surface area contributed by atoms with Crippen molar-refractivity contribution in [3.63, 3.8) is 0 Å². The Hall–Kier alpha value is -1.64. The molecule has 1 spiro atoms. The molecular formula is C12H11NO2. The Labute approximate surface area is 87.5 Å². The van der Waals surface area contributed by atoms with Crippen molar-refractivity contribution < 1.29 is 9.59 Å². The molecule has 1 N–H and O–H groups in total. The van der Waals surface area contributed by atoms with Gasteiger partial charge in [0.15, 0.2) is 0 Å². The molecule has 3 nitrogen and oxygen atoms in total. The number of aryl methyl sites for hydroxylation is 1. The van der Waals surface area contributed by atoms with Crippen molar-refractivity contribution >= 4 is 11.8 Å². The van der Waals surface area contributed by atoms with E-state index in [2.05, 4.69) is 5.32 Å². The normalized spacial score (nSPS) is 28.3. The zero-order valence-electron chi connectivity index (χ0n) is 8.25. The molecule has 1 aliphatic carbocycles. The molecule has 2 aliphatic rings. The molecule has 1 aliphatic heterocycles. The lowest BCUT2D eigenvalue weighted by atomic mass is 9.80. The molecule has 2 amide bonds. The van der Waals surface area contributed by atoms with Gasteiger partial charge in [-0.15, -0.1) is 0 Å². The predicted molar refractivity (Wildman–Crippen MR) is 54.2 cm³/mol. The van der Waals surface area contributed by atoms with E-state index in [0.29, 0.717) is 6.42 Å². The molecule has 1 atom stereocenters. The standard InChI is InChI=1S/C12H11NO2/c14-10-7-12(11(15)13-10)6-5-8-3-1-2-4-9(8)12/h1-4H,5-7H2,(H,13,14,15). The SMILES string of the molecule is O=C1CC2(CCc3ccccc32)C(=O)N1. The maximum atomic E-state index is 11.8. The molecule has 1 saturated heterocycles. The molecule has 0 radical (unpaired) electrons. The van der Waals surface area contributed by atoms with Crippen LogP contribution in [0.15, 0.2) is 24.3 Å². The lowest BCUT2D eigenvalue weighted by molar-refractivity contribution is -0.126. The second-order valence-corrected chi connectivity index (χ2v) is 4.29. The Kier molecular flexibility index (Phi) is 1.55. The lowest BCUT2D eigenvalue weighted by Crippen LogP contribution is -2.33. The second kappa shape index (κ2) is 2.69. The monoisotopic (exact) mass is 201 g/mol. The van der Waals surface area contributed by atoms with E-state index in [-0.39, 0.29) is 11.8 Å². The van der Waals surface area contributed by atoms with Gasteiger partial charge in [-0.3, -0.25) is 14.9 Å². The Morgan fingerprint density at radius 1 is 1.20 bits per heavy atom. The third kappa shape index (κ3) is 1.00. The number of nitrogens with one attached hydrogen (secondary N) is 1. The van der Waals surface area contributed by atoms with Crippen LogP contribution in [0.1, 0.15) is 24.0 Å². The average molecular weight is 201 g/mol. The third-order valence-corrected chi connectivity index (χ3v) is 3.50. The first kappa shape index (κ1) is 8.65. The van der Waals surface area contributed by atoms with Gasteiger partial charge in [-0.05, 0) is 24.0 Å². The largest absolute Gasteiger partial charge is 0.296 e. The summed E-state index contributed by atoms with van der Waals surface area (Å²) in [5, 5.41) is 2.41. The van der Waals surface area contributed by atoms with Crippen molar-refractivity contribution in [3.8, 4) is 0 Å². The molecule has 0 saturated carbocycles. The van der Waals surface area contributed by atoms with E-state index in [1.54, 1.807) is 0 Å². The molecule has 15 heavy (non-hydrogen) atoms. The van der Waals surface area contributed by atoms with Gasteiger partial charge < -0.3 is 0 Å². The van der Waals surface area contributed by atoms with Crippen molar-refractivity contribution in [2.45, 2.75) is 24.7 Å². The van der Waals surface area contributed by atoms with Crippen molar-refractivity contribution in [1.82, 2.24) is 5.32 Å². The van der Waals surface area contributed by atoms with Crippen molar-refractivity contribution in [1.29, 1.82) is 0 Å². The minimum absolute atomic E-state index is 0.113. The number of fused-ring (bicyclic) bond motifs is 2. The van der Waals surface area contributed by atoms with E-state index in [1.807, 2.05) is 24.3 Å². The molecule has 3 heteroatoms. The Morgan fingerprint density at radius 3 is 2.73 bits per heavy atom. The van der Waals surface area contributed by atoms with Gasteiger partial charge in [0.1, 0.15) is 0 Å². The summed E-state index contributed by atoms with van der Waals surface area (Å²) in [6.07, 6.45) is 1.99. The number of amides is 2. The second-order valence-electron chi connectivity index (χ2n) is 4.29. The smallest absolute Gasteiger partial charge is 0.237 e. The molecule has 3 rings (SSSR count). The van der Waals surface area contributed by atoms with Crippen molar-refractivity contribution in [2.75, 3.05) is 0 Å². The zero-order chi connectivity index (χ0) is 10.5. The van der Waals surface area contributed by atoms with E-state index >= 15 is 0 Å². The first-order valence-electron chi connectivity index (χ1n) is 5.15. The first-order valence-corrected chi connectivity index (χ1v) is 5.15. The molecule has 1 heterocycles. The highest BCUT2D eigenvalue weighted by molar-refractivity contribution is 6.09. The summed E-state index contributed by atoms with van der Waals surface area (Å²) in [5.74, 6) is -0.255. The highest BCUT2D eigenvalue weighted by atomic mass is 16.2. The molecule has 1 aromatic carbocycles. The van der Waals surface area contributed by atoms with Gasteiger partial charge in [0.2, 0.25) is 11.8 Å². The Balaban J connectivity index is 2.17. The summed E-state index contributed by atoms with van der Waals surface area (Å²) in [5.41, 5.74) is 1.71. The fraction of sp³-hybridized carbons (Fsp3) is 0.333. The Bertz CT molecular complexity index is 466. The number of carbonyl (C=O) groups is 2. The van der Waals surface area contributed by atoms with Crippen LogP contribution in [0, 0.1) is 0 Å². The average Bonchev–Trinajstić information content (AvgIpc) is 2.72. The van der Waals surface area contributed by atoms with Crippen molar-refractivity contribution in [2.24, 2.45) is 0 Å². The van der Waals surface area contributed by atoms with Crippen LogP contribution in [0.4, 0.5) is 0 Å². The van der Waals surface area contributed by atoms with Crippen LogP contribution in [0.5, 0.6) is 0 Å². The summed E-state index contributed by atoms with van der Waals surface area (Å²) in [7, 11) is 0. The van der Waals surface area contributed by atoms with E-state index in [1.165, 1.54) is 5.56 Å². The summed E-state index contributed by atoms with van der Waals surface area (Å²) < 4.78 is 0. The number of rotatable bonds is 0. The number of imide groups is 1. The summed E-state index contributed by atoms with van der Waals surface area (Å²) in [6, 6.07) is 7.93. The first-order chi connectivity index (χ1) is 7.22. The maximum Gasteiger partial charge on any atom is 0.237 e. The van der Waals surface area contributed by atoms with Crippen LogP contribution in [-0.4, -0.2) is 11.8 Å². The zero-order valence-corrected chi connectivity index (χ0v) is 8.25. The van der Waals surface area contributed by atoms with Gasteiger partial charge in [0.25, 0.3) is 0 Å². The maximum absolute atomic E-state index is 11.8. The Morgan fingerprint density at radius 2 is 2.00 bits per heavy atom. The van der Waals surface area contributed by atoms with Crippen LogP contribution in [0.3, 0.4) is 0 Å². The topological polar surface area (TPSA) is 46.2 Å². The molecule has 76 valence electrons.